The highest BCUT2D eigenvalue weighted by Gasteiger charge is 2.19. The van der Waals surface area contributed by atoms with Gasteiger partial charge in [-0.1, -0.05) is 11.6 Å². The van der Waals surface area contributed by atoms with Gasteiger partial charge in [-0.15, -0.1) is 0 Å². The van der Waals surface area contributed by atoms with Crippen LogP contribution in [0.5, 0.6) is 0 Å². The van der Waals surface area contributed by atoms with Crippen LogP contribution in [0, 0.1) is 0 Å². The molecular formula is C12H13ClN4O4S2. The smallest absolute Gasteiger partial charge is 0.240 e. The molecule has 11 heteroatoms. The molecule has 1 aromatic carbocycles. The number of hydrogen-bond donors (Lipinski definition) is 2. The van der Waals surface area contributed by atoms with Crippen LogP contribution in [-0.2, 0) is 19.9 Å². The molecule has 0 unspecified atom stereocenters. The topological polar surface area (TPSA) is 118 Å². The zero-order valence-corrected chi connectivity index (χ0v) is 14.5. The van der Waals surface area contributed by atoms with Crippen molar-refractivity contribution < 1.29 is 16.8 Å². The van der Waals surface area contributed by atoms with Crippen molar-refractivity contribution in [3.05, 3.63) is 35.7 Å². The van der Waals surface area contributed by atoms with Gasteiger partial charge in [0.05, 0.1) is 15.5 Å². The Labute approximate surface area is 138 Å². The molecule has 0 aliphatic carbocycles. The van der Waals surface area contributed by atoms with E-state index in [-0.39, 0.29) is 26.4 Å². The van der Waals surface area contributed by atoms with Crippen LogP contribution in [-0.4, -0.2) is 40.1 Å². The van der Waals surface area contributed by atoms with Crippen LogP contribution in [0.3, 0.4) is 0 Å². The summed E-state index contributed by atoms with van der Waals surface area (Å²) in [6.07, 6.45) is 2.21. The number of nitrogens with zero attached hydrogens (tertiary/aromatic N) is 2. The Bertz CT molecular complexity index is 945. The van der Waals surface area contributed by atoms with E-state index in [1.807, 2.05) is 0 Å². The number of benzene rings is 1. The SMILES string of the molecule is CNS(=O)(=O)c1ccc(S(C)(=O)=O)c(Nc2cc(Cl)ncn2)c1. The molecule has 2 N–H and O–H groups in total. The maximum atomic E-state index is 11.9. The van der Waals surface area contributed by atoms with Crippen LogP contribution >= 0.6 is 11.6 Å². The lowest BCUT2D eigenvalue weighted by molar-refractivity contribution is 0.587. The van der Waals surface area contributed by atoms with Gasteiger partial charge in [0, 0.05) is 12.3 Å². The number of nitrogens with one attached hydrogen (secondary N) is 2. The van der Waals surface area contributed by atoms with Gasteiger partial charge in [-0.05, 0) is 25.2 Å². The largest absolute Gasteiger partial charge is 0.339 e. The number of rotatable bonds is 5. The highest BCUT2D eigenvalue weighted by atomic mass is 35.5. The van der Waals surface area contributed by atoms with Crippen molar-refractivity contribution in [1.29, 1.82) is 0 Å². The van der Waals surface area contributed by atoms with E-state index in [1.54, 1.807) is 0 Å². The molecule has 0 spiro atoms. The van der Waals surface area contributed by atoms with Gasteiger partial charge in [-0.3, -0.25) is 0 Å². The molecular weight excluding hydrogens is 364 g/mol. The molecule has 0 amide bonds. The van der Waals surface area contributed by atoms with Crippen molar-refractivity contribution in [3.8, 4) is 0 Å². The minimum absolute atomic E-state index is 0.0673. The first kappa shape index (κ1) is 17.6. The van der Waals surface area contributed by atoms with Crippen molar-refractivity contribution in [2.24, 2.45) is 0 Å². The van der Waals surface area contributed by atoms with E-state index >= 15 is 0 Å². The van der Waals surface area contributed by atoms with Crippen LogP contribution in [0.25, 0.3) is 0 Å². The normalized spacial score (nSPS) is 12.1. The summed E-state index contributed by atoms with van der Waals surface area (Å²) in [5.74, 6) is 0.230. The van der Waals surface area contributed by atoms with E-state index in [9.17, 15) is 16.8 Å². The molecule has 0 bridgehead atoms. The van der Waals surface area contributed by atoms with Gasteiger partial charge in [0.2, 0.25) is 10.0 Å². The Balaban J connectivity index is 2.60. The molecule has 124 valence electrons. The molecule has 23 heavy (non-hydrogen) atoms. The predicted molar refractivity (Wildman–Crippen MR) is 86.1 cm³/mol. The molecule has 0 saturated heterocycles. The summed E-state index contributed by atoms with van der Waals surface area (Å²) < 4.78 is 49.7. The van der Waals surface area contributed by atoms with Crippen molar-refractivity contribution in [2.75, 3.05) is 18.6 Å². The Hall–Kier alpha value is -1.75. The van der Waals surface area contributed by atoms with E-state index in [1.165, 1.54) is 37.6 Å². The summed E-state index contributed by atoms with van der Waals surface area (Å²) >= 11 is 5.75. The van der Waals surface area contributed by atoms with E-state index < -0.39 is 19.9 Å². The zero-order chi connectivity index (χ0) is 17.3. The summed E-state index contributed by atoms with van der Waals surface area (Å²) in [7, 11) is -6.05. The summed E-state index contributed by atoms with van der Waals surface area (Å²) in [6.45, 7) is 0. The molecule has 0 saturated carbocycles. The third-order valence-corrected chi connectivity index (χ3v) is 5.60. The van der Waals surface area contributed by atoms with Crippen LogP contribution in [0.1, 0.15) is 0 Å². The molecule has 0 radical (unpaired) electrons. The monoisotopic (exact) mass is 376 g/mol. The standard InChI is InChI=1S/C12H13ClN4O4S2/c1-14-23(20,21)8-3-4-10(22(2,18)19)9(5-8)17-12-6-11(13)15-7-16-12/h3-7,14H,1-2H3,(H,15,16,17). The Morgan fingerprint density at radius 2 is 1.78 bits per heavy atom. The van der Waals surface area contributed by atoms with Crippen molar-refractivity contribution in [2.45, 2.75) is 9.79 Å². The van der Waals surface area contributed by atoms with Crippen molar-refractivity contribution in [3.63, 3.8) is 0 Å². The van der Waals surface area contributed by atoms with Gasteiger partial charge in [-0.25, -0.2) is 31.5 Å². The fourth-order valence-corrected chi connectivity index (χ4v) is 3.48. The van der Waals surface area contributed by atoms with Crippen LogP contribution < -0.4 is 10.0 Å². The second kappa shape index (κ2) is 6.40. The molecule has 0 fully saturated rings. The average Bonchev–Trinajstić information content (AvgIpc) is 2.46. The van der Waals surface area contributed by atoms with E-state index in [0.29, 0.717) is 0 Å². The van der Waals surface area contributed by atoms with Gasteiger partial charge in [0.25, 0.3) is 0 Å². The fourth-order valence-electron chi connectivity index (χ4n) is 1.76. The first-order valence-corrected chi connectivity index (χ1v) is 9.91. The number of aromatic nitrogens is 2. The number of anilines is 2. The van der Waals surface area contributed by atoms with E-state index in [4.69, 9.17) is 11.6 Å². The Kier molecular flexibility index (Phi) is 4.90. The van der Waals surface area contributed by atoms with E-state index in [2.05, 4.69) is 20.0 Å². The minimum atomic E-state index is -3.73. The van der Waals surface area contributed by atoms with Gasteiger partial charge >= 0.3 is 0 Å². The molecule has 8 nitrogen and oxygen atoms in total. The van der Waals surface area contributed by atoms with Crippen LogP contribution in [0.15, 0.2) is 40.4 Å². The Morgan fingerprint density at radius 1 is 1.09 bits per heavy atom. The second-order valence-corrected chi connectivity index (χ2v) is 8.75. The molecule has 1 aromatic heterocycles. The fraction of sp³-hybridized carbons (Fsp3) is 0.167. The number of hydrogen-bond acceptors (Lipinski definition) is 7. The number of sulfone groups is 1. The average molecular weight is 377 g/mol. The Morgan fingerprint density at radius 3 is 2.35 bits per heavy atom. The van der Waals surface area contributed by atoms with Crippen molar-refractivity contribution in [1.82, 2.24) is 14.7 Å². The maximum absolute atomic E-state index is 11.9. The molecule has 2 aromatic rings. The summed E-state index contributed by atoms with van der Waals surface area (Å²) in [4.78, 5) is 7.46. The molecule has 1 heterocycles. The van der Waals surface area contributed by atoms with E-state index in [0.717, 1.165) is 6.26 Å². The lowest BCUT2D eigenvalue weighted by atomic mass is 10.3. The van der Waals surface area contributed by atoms with Crippen LogP contribution in [0.2, 0.25) is 5.15 Å². The predicted octanol–water partition coefficient (Wildman–Crippen LogP) is 1.19. The highest BCUT2D eigenvalue weighted by molar-refractivity contribution is 7.91. The molecule has 0 aliphatic rings. The second-order valence-electron chi connectivity index (χ2n) is 4.49. The summed E-state index contributed by atoms with van der Waals surface area (Å²) in [6, 6.07) is 5.01. The summed E-state index contributed by atoms with van der Waals surface area (Å²) in [5, 5.41) is 2.90. The lowest BCUT2D eigenvalue weighted by Crippen LogP contribution is -2.19. The van der Waals surface area contributed by atoms with Gasteiger partial charge < -0.3 is 5.32 Å². The highest BCUT2D eigenvalue weighted by Crippen LogP contribution is 2.27. The number of sulfonamides is 1. The maximum Gasteiger partial charge on any atom is 0.240 e. The van der Waals surface area contributed by atoms with Gasteiger partial charge in [0.1, 0.15) is 17.3 Å². The molecule has 0 atom stereocenters. The first-order valence-electron chi connectivity index (χ1n) is 6.16. The van der Waals surface area contributed by atoms with Gasteiger partial charge in [-0.2, -0.15) is 0 Å². The molecule has 2 rings (SSSR count). The third-order valence-electron chi connectivity index (χ3n) is 2.83. The lowest BCUT2D eigenvalue weighted by Gasteiger charge is -2.12. The minimum Gasteiger partial charge on any atom is -0.339 e. The zero-order valence-electron chi connectivity index (χ0n) is 12.1. The quantitative estimate of drug-likeness (QED) is 0.752. The number of halogens is 1. The van der Waals surface area contributed by atoms with Crippen LogP contribution in [0.4, 0.5) is 11.5 Å². The van der Waals surface area contributed by atoms with Gasteiger partial charge in [0.15, 0.2) is 9.84 Å². The summed E-state index contributed by atoms with van der Waals surface area (Å²) in [5.41, 5.74) is 0.0681. The third kappa shape index (κ3) is 4.16. The van der Waals surface area contributed by atoms with Crippen molar-refractivity contribution >= 4 is 43.0 Å². The molecule has 0 aliphatic heterocycles. The first-order chi connectivity index (χ1) is 10.6.